The van der Waals surface area contributed by atoms with Crippen LogP contribution in [0.3, 0.4) is 0 Å². The van der Waals surface area contributed by atoms with Crippen molar-refractivity contribution in [3.05, 3.63) is 135 Å². The number of rotatable bonds is 7. The van der Waals surface area contributed by atoms with E-state index in [-0.39, 0.29) is 36.4 Å². The molecule has 3 aliphatic rings. The maximum atomic E-state index is 14.6. The molecule has 3 unspecified atom stereocenters. The Bertz CT molecular complexity index is 2210. The fourth-order valence-electron chi connectivity index (χ4n) is 7.93. The van der Waals surface area contributed by atoms with E-state index in [1.165, 1.54) is 0 Å². The highest BCUT2D eigenvalue weighted by atomic mass is 35.5. The molecule has 51 heavy (non-hydrogen) atoms. The van der Waals surface area contributed by atoms with Crippen LogP contribution in [0.25, 0.3) is 22.2 Å². The average molecular weight is 719 g/mol. The third kappa shape index (κ3) is 6.06. The van der Waals surface area contributed by atoms with Gasteiger partial charge in [-0.25, -0.2) is 4.98 Å². The Morgan fingerprint density at radius 3 is 2.61 bits per heavy atom. The second kappa shape index (κ2) is 13.6. The number of fused-ring (bicyclic) bond motifs is 2. The number of benzene rings is 3. The van der Waals surface area contributed by atoms with Gasteiger partial charge in [0.15, 0.2) is 0 Å². The molecule has 3 atom stereocenters. The number of aromatic amines is 1. The summed E-state index contributed by atoms with van der Waals surface area (Å²) in [6, 6.07) is 25.5. The second-order valence-electron chi connectivity index (χ2n) is 13.4. The molecule has 0 saturated carbocycles. The molecule has 8 nitrogen and oxygen atoms in total. The van der Waals surface area contributed by atoms with Crippen molar-refractivity contribution >= 4 is 62.9 Å². The maximum absolute atomic E-state index is 14.6. The molecule has 1 fully saturated rings. The number of nitrogens with one attached hydrogen (secondary N) is 2. The molecule has 258 valence electrons. The van der Waals surface area contributed by atoms with E-state index in [9.17, 15) is 9.59 Å². The van der Waals surface area contributed by atoms with Crippen LogP contribution < -0.4 is 10.1 Å². The van der Waals surface area contributed by atoms with Crippen molar-refractivity contribution in [2.45, 2.75) is 45.2 Å². The number of carbonyl (C=O) groups excluding carboxylic acids is 2. The molecular formula is C41H37Cl2N5O3. The maximum Gasteiger partial charge on any atom is 0.272 e. The first kappa shape index (κ1) is 33.1. The van der Waals surface area contributed by atoms with Gasteiger partial charge in [0.2, 0.25) is 11.8 Å². The standard InChI is InChI=1S/C41H37Cl2N5O3/c1-24-9-7-20-48-38(27-14-16-28(42)17-15-27)31-21-29(43)22-33-35(31)36(39(48)34(24)26-10-4-3-5-11-26)37(45-33)40(50)46-32-13-6-18-44-41(32)51-23-30-12-8-19-47(30)25(2)49/h3-7,10-11,13-18,20-22,24,30,38,45H,8-9,12,19,23H2,1-2H3,(H,46,50). The van der Waals surface area contributed by atoms with Gasteiger partial charge in [-0.3, -0.25) is 9.59 Å². The van der Waals surface area contributed by atoms with Crippen molar-refractivity contribution in [1.82, 2.24) is 19.8 Å². The lowest BCUT2D eigenvalue weighted by molar-refractivity contribution is -0.130. The Morgan fingerprint density at radius 2 is 1.82 bits per heavy atom. The highest BCUT2D eigenvalue weighted by molar-refractivity contribution is 6.32. The Kier molecular flexibility index (Phi) is 8.82. The predicted molar refractivity (Wildman–Crippen MR) is 203 cm³/mol. The summed E-state index contributed by atoms with van der Waals surface area (Å²) < 4.78 is 6.18. The lowest BCUT2D eigenvalue weighted by Crippen LogP contribution is -2.37. The molecule has 2 amide bonds. The molecule has 0 radical (unpaired) electrons. The van der Waals surface area contributed by atoms with Gasteiger partial charge < -0.3 is 24.8 Å². The van der Waals surface area contributed by atoms with Crippen LogP contribution in [0.2, 0.25) is 10.0 Å². The minimum atomic E-state index is -0.335. The van der Waals surface area contributed by atoms with E-state index in [2.05, 4.69) is 75.8 Å². The molecule has 5 aromatic rings. The van der Waals surface area contributed by atoms with Crippen molar-refractivity contribution in [2.75, 3.05) is 18.5 Å². The zero-order valence-corrected chi connectivity index (χ0v) is 29.8. The summed E-state index contributed by atoms with van der Waals surface area (Å²) in [5, 5.41) is 5.28. The monoisotopic (exact) mass is 717 g/mol. The molecule has 0 spiro atoms. The van der Waals surface area contributed by atoms with Crippen LogP contribution in [-0.2, 0) is 4.79 Å². The van der Waals surface area contributed by atoms with E-state index >= 15 is 0 Å². The minimum Gasteiger partial charge on any atom is -0.474 e. The molecular weight excluding hydrogens is 681 g/mol. The van der Waals surface area contributed by atoms with Gasteiger partial charge in [-0.05, 0) is 83.8 Å². The minimum absolute atomic E-state index is 0.0297. The Morgan fingerprint density at radius 1 is 1.02 bits per heavy atom. The molecule has 1 saturated heterocycles. The summed E-state index contributed by atoms with van der Waals surface area (Å²) in [5.74, 6) is 0.141. The second-order valence-corrected chi connectivity index (χ2v) is 14.3. The molecule has 3 aromatic carbocycles. The summed E-state index contributed by atoms with van der Waals surface area (Å²) in [4.78, 5) is 38.9. The van der Waals surface area contributed by atoms with Gasteiger partial charge in [0, 0.05) is 52.4 Å². The normalized spacial score (nSPS) is 19.6. The van der Waals surface area contributed by atoms with Crippen LogP contribution >= 0.6 is 23.2 Å². The van der Waals surface area contributed by atoms with Gasteiger partial charge in [0.1, 0.15) is 18.0 Å². The van der Waals surface area contributed by atoms with Crippen molar-refractivity contribution in [1.29, 1.82) is 0 Å². The van der Waals surface area contributed by atoms with Gasteiger partial charge in [-0.2, -0.15) is 0 Å². The Balaban J connectivity index is 1.28. The fourth-order valence-corrected chi connectivity index (χ4v) is 8.28. The molecule has 2 aromatic heterocycles. The third-order valence-corrected chi connectivity index (χ3v) is 10.6. The first-order valence-electron chi connectivity index (χ1n) is 17.3. The summed E-state index contributed by atoms with van der Waals surface area (Å²) in [7, 11) is 0. The summed E-state index contributed by atoms with van der Waals surface area (Å²) >= 11 is 13.2. The predicted octanol–water partition coefficient (Wildman–Crippen LogP) is 9.34. The number of pyridine rings is 1. The summed E-state index contributed by atoms with van der Waals surface area (Å²) in [6.45, 7) is 4.82. The number of halogens is 2. The number of aromatic nitrogens is 2. The van der Waals surface area contributed by atoms with Crippen molar-refractivity contribution in [2.24, 2.45) is 5.92 Å². The number of hydrogen-bond acceptors (Lipinski definition) is 5. The lowest BCUT2D eigenvalue weighted by Gasteiger charge is -2.39. The number of H-pyrrole nitrogens is 1. The number of nitrogens with zero attached hydrogens (tertiary/aromatic N) is 3. The van der Waals surface area contributed by atoms with E-state index in [0.29, 0.717) is 27.3 Å². The van der Waals surface area contributed by atoms with Crippen LogP contribution in [-0.4, -0.2) is 50.8 Å². The first-order valence-corrected chi connectivity index (χ1v) is 18.1. The number of anilines is 1. The zero-order valence-electron chi connectivity index (χ0n) is 28.3. The van der Waals surface area contributed by atoms with E-state index < -0.39 is 0 Å². The Labute approximate surface area is 306 Å². The molecule has 0 aliphatic carbocycles. The lowest BCUT2D eigenvalue weighted by atomic mass is 9.82. The number of likely N-dealkylation sites (tertiary alicyclic amines) is 1. The van der Waals surface area contributed by atoms with E-state index in [4.69, 9.17) is 27.9 Å². The molecule has 8 rings (SSSR count). The number of ether oxygens (including phenoxy) is 1. The van der Waals surface area contributed by atoms with Crippen LogP contribution in [0.15, 0.2) is 97.3 Å². The molecule has 10 heteroatoms. The van der Waals surface area contributed by atoms with Crippen LogP contribution in [0.4, 0.5) is 5.69 Å². The highest BCUT2D eigenvalue weighted by Gasteiger charge is 2.40. The third-order valence-electron chi connectivity index (χ3n) is 10.2. The summed E-state index contributed by atoms with van der Waals surface area (Å²) in [5.41, 5.74) is 7.66. The molecule has 0 bridgehead atoms. The Hall–Kier alpha value is -5.05. The fraction of sp³-hybridized carbons (Fsp3) is 0.244. The van der Waals surface area contributed by atoms with E-state index in [0.717, 1.165) is 70.2 Å². The first-order chi connectivity index (χ1) is 24.8. The topological polar surface area (TPSA) is 90.6 Å². The van der Waals surface area contributed by atoms with Crippen molar-refractivity contribution in [3.63, 3.8) is 0 Å². The van der Waals surface area contributed by atoms with Crippen molar-refractivity contribution < 1.29 is 14.3 Å². The van der Waals surface area contributed by atoms with E-state index in [1.54, 1.807) is 25.3 Å². The number of allylic oxidation sites excluding steroid dienone is 2. The van der Waals surface area contributed by atoms with Crippen LogP contribution in [0.1, 0.15) is 71.9 Å². The zero-order chi connectivity index (χ0) is 35.2. The van der Waals surface area contributed by atoms with Gasteiger partial charge in [0.05, 0.1) is 17.8 Å². The summed E-state index contributed by atoms with van der Waals surface area (Å²) in [6.07, 6.45) is 8.59. The van der Waals surface area contributed by atoms with Gasteiger partial charge in [0.25, 0.3) is 5.91 Å². The van der Waals surface area contributed by atoms with Gasteiger partial charge in [-0.15, -0.1) is 0 Å². The largest absolute Gasteiger partial charge is 0.474 e. The molecule has 3 aliphatic heterocycles. The SMILES string of the molecule is CC(=O)N1CCCC1COc1ncccc1NC(=O)c1[nH]c2cc(Cl)cc3c2c1C1=C(c2ccccc2)C(C)CC=CN1C3c1ccc(Cl)cc1. The highest BCUT2D eigenvalue weighted by Crippen LogP contribution is 2.53. The molecule has 5 heterocycles. The number of carbonyl (C=O) groups is 2. The van der Waals surface area contributed by atoms with E-state index in [1.807, 2.05) is 35.2 Å². The van der Waals surface area contributed by atoms with Gasteiger partial charge in [-0.1, -0.05) is 78.7 Å². The average Bonchev–Trinajstić information content (AvgIpc) is 3.72. The molecule has 2 N–H and O–H groups in total. The van der Waals surface area contributed by atoms with Crippen molar-refractivity contribution in [3.8, 4) is 5.88 Å². The van der Waals surface area contributed by atoms with Crippen LogP contribution in [0.5, 0.6) is 5.88 Å². The van der Waals surface area contributed by atoms with Gasteiger partial charge >= 0.3 is 0 Å². The number of amides is 2. The van der Waals surface area contributed by atoms with Crippen LogP contribution in [0, 0.1) is 5.92 Å². The quantitative estimate of drug-likeness (QED) is 0.175. The smallest absolute Gasteiger partial charge is 0.272 e. The number of hydrogen-bond donors (Lipinski definition) is 2.